The Balaban J connectivity index is 1.58. The van der Waals surface area contributed by atoms with Gasteiger partial charge in [0.05, 0.1) is 13.2 Å². The molecule has 1 unspecified atom stereocenters. The van der Waals surface area contributed by atoms with Gasteiger partial charge in [0.1, 0.15) is 23.9 Å². The summed E-state index contributed by atoms with van der Waals surface area (Å²) >= 11 is 1.73. The second-order valence-corrected chi connectivity index (χ2v) is 14.8. The van der Waals surface area contributed by atoms with Crippen LogP contribution in [0.25, 0.3) is 0 Å². The second kappa shape index (κ2) is 13.1. The first-order valence-electron chi connectivity index (χ1n) is 14.3. The third kappa shape index (κ3) is 7.73. The molecule has 6 atom stereocenters. The summed E-state index contributed by atoms with van der Waals surface area (Å²) in [5.74, 6) is -1.25. The van der Waals surface area contributed by atoms with Crippen LogP contribution in [0.5, 0.6) is 17.2 Å². The van der Waals surface area contributed by atoms with Crippen LogP contribution in [0, 0.1) is 11.3 Å². The number of carbonyl (C=O) groups is 3. The van der Waals surface area contributed by atoms with Crippen LogP contribution in [0.2, 0.25) is 0 Å². The number of hydrogen-bond acceptors (Lipinski definition) is 10. The Morgan fingerprint density at radius 3 is 2.25 bits per heavy atom. The Bertz CT molecular complexity index is 1400. The van der Waals surface area contributed by atoms with Crippen LogP contribution in [0.1, 0.15) is 52.7 Å². The van der Waals surface area contributed by atoms with Crippen LogP contribution in [0.15, 0.2) is 36.4 Å². The number of aliphatic carboxylic acids is 1. The fraction of sp³-hybridized carbons (Fsp3) is 0.531. The van der Waals surface area contributed by atoms with Gasteiger partial charge in [-0.3, -0.25) is 9.59 Å². The average molecular weight is 632 g/mol. The molecule has 2 aromatic rings. The average Bonchev–Trinajstić information content (AvgIpc) is 3.24. The first kappa shape index (κ1) is 33.7. The number of amides is 1. The number of carboxylic acid groups (broad SMARTS) is 1. The largest absolute Gasteiger partial charge is 0.493 e. The van der Waals surface area contributed by atoms with Gasteiger partial charge in [0.15, 0.2) is 29.7 Å². The van der Waals surface area contributed by atoms with Crippen molar-refractivity contribution in [2.45, 2.75) is 89.2 Å². The van der Waals surface area contributed by atoms with Crippen molar-refractivity contribution in [3.8, 4) is 17.2 Å². The first-order valence-corrected chi connectivity index (χ1v) is 15.3. The number of hydrogen-bond donors (Lipinski definition) is 4. The molecule has 0 spiro atoms. The molecule has 2 aliphatic heterocycles. The van der Waals surface area contributed by atoms with E-state index in [0.717, 1.165) is 5.56 Å². The molecule has 0 aliphatic carbocycles. The van der Waals surface area contributed by atoms with Gasteiger partial charge in [-0.1, -0.05) is 47.6 Å². The summed E-state index contributed by atoms with van der Waals surface area (Å²) in [5.41, 5.74) is 1.61. The van der Waals surface area contributed by atoms with Gasteiger partial charge in [-0.2, -0.15) is 11.8 Å². The Labute approximate surface area is 261 Å². The lowest BCUT2D eigenvalue weighted by atomic mass is 9.87. The van der Waals surface area contributed by atoms with Gasteiger partial charge in [0.2, 0.25) is 5.91 Å². The molecular formula is C32H41NO10S. The molecular weight excluding hydrogens is 590 g/mol. The van der Waals surface area contributed by atoms with Crippen molar-refractivity contribution in [2.24, 2.45) is 11.3 Å². The molecule has 2 aliphatic rings. The number of ketones is 1. The maximum atomic E-state index is 13.1. The van der Waals surface area contributed by atoms with Gasteiger partial charge in [0.25, 0.3) is 0 Å². The Kier molecular flexibility index (Phi) is 10.0. The van der Waals surface area contributed by atoms with Gasteiger partial charge in [-0.25, -0.2) is 4.79 Å². The summed E-state index contributed by atoms with van der Waals surface area (Å²) in [5, 5.41) is 32.9. The molecule has 44 heavy (non-hydrogen) atoms. The highest BCUT2D eigenvalue weighted by Crippen LogP contribution is 2.40. The molecule has 12 heteroatoms. The van der Waals surface area contributed by atoms with E-state index in [1.54, 1.807) is 42.1 Å². The third-order valence-corrected chi connectivity index (χ3v) is 8.64. The summed E-state index contributed by atoms with van der Waals surface area (Å²) in [6.45, 7) is 11.9. The maximum Gasteiger partial charge on any atom is 0.335 e. The smallest absolute Gasteiger partial charge is 0.335 e. The fourth-order valence-electron chi connectivity index (χ4n) is 4.82. The number of thioether (sulfide) groups is 1. The van der Waals surface area contributed by atoms with Crippen molar-refractivity contribution in [3.63, 3.8) is 0 Å². The second-order valence-electron chi connectivity index (χ2n) is 13.0. The minimum atomic E-state index is -1.76. The van der Waals surface area contributed by atoms with Crippen molar-refractivity contribution >= 4 is 35.1 Å². The number of carbonyl (C=O) groups excluding carboxylic acids is 2. The summed E-state index contributed by atoms with van der Waals surface area (Å²) in [6.07, 6.45) is -7.35. The molecule has 0 aromatic heterocycles. The molecule has 0 radical (unpaired) electrons. The van der Waals surface area contributed by atoms with Crippen LogP contribution in [-0.4, -0.2) is 75.5 Å². The lowest BCUT2D eigenvalue weighted by Crippen LogP contribution is -2.57. The van der Waals surface area contributed by atoms with E-state index in [4.69, 9.17) is 18.9 Å². The maximum absolute atomic E-state index is 13.1. The van der Waals surface area contributed by atoms with E-state index in [2.05, 4.69) is 26.1 Å². The summed E-state index contributed by atoms with van der Waals surface area (Å²) < 4.78 is 23.0. The Hall–Kier alpha value is -3.16. The minimum absolute atomic E-state index is 0.0254. The molecule has 2 fully saturated rings. The quantitative estimate of drug-likeness (QED) is 0.315. The Morgan fingerprint density at radius 2 is 1.64 bits per heavy atom. The topological polar surface area (TPSA) is 161 Å². The fourth-order valence-corrected chi connectivity index (χ4v) is 5.63. The monoisotopic (exact) mass is 631 g/mol. The molecule has 2 saturated heterocycles. The molecule has 0 bridgehead atoms. The van der Waals surface area contributed by atoms with Crippen molar-refractivity contribution < 1.29 is 48.7 Å². The zero-order valence-electron chi connectivity index (χ0n) is 26.0. The molecule has 4 rings (SSSR count). The first-order chi connectivity index (χ1) is 20.5. The van der Waals surface area contributed by atoms with E-state index >= 15 is 0 Å². The van der Waals surface area contributed by atoms with Crippen LogP contribution >= 0.6 is 11.8 Å². The van der Waals surface area contributed by atoms with E-state index in [1.807, 2.05) is 26.8 Å². The molecule has 240 valence electrons. The standard InChI is InChI=1S/C32H41NO10S/c1-31(2,3)30(39)33-18-9-11-19(17(14-18)15-44-32(4,5)6)41-21-12-16(8-10-20(21)40-7)13-22-24(34)23-25(35)26(36)27(28(37)38)43-29(23)42-22/h8-12,14,22-23,25-27,29,35-36H,13,15H2,1-7H3,(H,33,39)(H,37,38)/t22?,23-,25-,26+,27+,29+/m0/s1. The van der Waals surface area contributed by atoms with Crippen LogP contribution in [0.3, 0.4) is 0 Å². The minimum Gasteiger partial charge on any atom is -0.493 e. The van der Waals surface area contributed by atoms with Gasteiger partial charge < -0.3 is 39.6 Å². The number of nitrogens with one attached hydrogen (secondary N) is 1. The van der Waals surface area contributed by atoms with Crippen molar-refractivity contribution in [1.82, 2.24) is 0 Å². The lowest BCUT2D eigenvalue weighted by molar-refractivity contribution is -0.257. The molecule has 2 aromatic carbocycles. The zero-order chi connectivity index (χ0) is 32.6. The number of benzene rings is 2. The van der Waals surface area contributed by atoms with Crippen molar-refractivity contribution in [1.29, 1.82) is 0 Å². The number of fused-ring (bicyclic) bond motifs is 1. The lowest BCUT2D eigenvalue weighted by Gasteiger charge is -2.36. The zero-order valence-corrected chi connectivity index (χ0v) is 26.8. The van der Waals surface area contributed by atoms with Gasteiger partial charge >= 0.3 is 5.97 Å². The van der Waals surface area contributed by atoms with Gasteiger partial charge in [-0.15, -0.1) is 0 Å². The molecule has 0 saturated carbocycles. The summed E-state index contributed by atoms with van der Waals surface area (Å²) in [7, 11) is 1.51. The van der Waals surface area contributed by atoms with E-state index in [-0.39, 0.29) is 17.1 Å². The number of aliphatic hydroxyl groups is 2. The van der Waals surface area contributed by atoms with E-state index < -0.39 is 53.8 Å². The molecule has 1 amide bonds. The number of carboxylic acids is 1. The third-order valence-electron chi connectivity index (χ3n) is 7.32. The molecule has 2 heterocycles. The summed E-state index contributed by atoms with van der Waals surface area (Å²) in [6, 6.07) is 10.6. The Morgan fingerprint density at radius 1 is 0.955 bits per heavy atom. The molecule has 11 nitrogen and oxygen atoms in total. The number of rotatable bonds is 9. The van der Waals surface area contributed by atoms with Crippen LogP contribution < -0.4 is 14.8 Å². The highest BCUT2D eigenvalue weighted by Gasteiger charge is 2.56. The van der Waals surface area contributed by atoms with E-state index in [1.165, 1.54) is 7.11 Å². The van der Waals surface area contributed by atoms with E-state index in [0.29, 0.717) is 34.3 Å². The SMILES string of the molecule is COc1ccc(CC2O[C@@H]3O[C@@H](C(=O)O)[C@H](O)[C@@H](O)[C@@H]3C2=O)cc1Oc1ccc(NC(=O)C(C)(C)C)cc1CSC(C)(C)C. The number of aliphatic hydroxyl groups excluding tert-OH is 2. The summed E-state index contributed by atoms with van der Waals surface area (Å²) in [4.78, 5) is 37.2. The molecule has 4 N–H and O–H groups in total. The van der Waals surface area contributed by atoms with Crippen LogP contribution in [0.4, 0.5) is 5.69 Å². The number of methoxy groups -OCH3 is 1. The highest BCUT2D eigenvalue weighted by molar-refractivity contribution is 7.99. The van der Waals surface area contributed by atoms with Crippen molar-refractivity contribution in [2.75, 3.05) is 12.4 Å². The van der Waals surface area contributed by atoms with Gasteiger partial charge in [-0.05, 0) is 35.9 Å². The van der Waals surface area contributed by atoms with E-state index in [9.17, 15) is 29.7 Å². The number of ether oxygens (including phenoxy) is 4. The predicted molar refractivity (Wildman–Crippen MR) is 164 cm³/mol. The number of anilines is 1. The van der Waals surface area contributed by atoms with Crippen molar-refractivity contribution in [3.05, 3.63) is 47.5 Å². The number of Topliss-reactive ketones (excluding diaryl/α,β-unsaturated/α-hetero) is 1. The highest BCUT2D eigenvalue weighted by atomic mass is 32.2. The predicted octanol–water partition coefficient (Wildman–Crippen LogP) is 4.16. The normalized spacial score (nSPS) is 25.3. The van der Waals surface area contributed by atoms with Crippen LogP contribution in [-0.2, 0) is 36.0 Å². The van der Waals surface area contributed by atoms with Gasteiger partial charge in [0, 0.05) is 33.6 Å².